The molecule has 0 N–H and O–H groups in total. The summed E-state index contributed by atoms with van der Waals surface area (Å²) in [6, 6.07) is 0. The van der Waals surface area contributed by atoms with Gasteiger partial charge in [0, 0.05) is 38.7 Å². The van der Waals surface area contributed by atoms with Crippen molar-refractivity contribution >= 4 is 17.4 Å². The van der Waals surface area contributed by atoms with Crippen molar-refractivity contribution in [1.29, 1.82) is 0 Å². The van der Waals surface area contributed by atoms with Crippen LogP contribution in [0.4, 0.5) is 5.82 Å². The van der Waals surface area contributed by atoms with Gasteiger partial charge < -0.3 is 9.64 Å². The van der Waals surface area contributed by atoms with Crippen LogP contribution in [0.25, 0.3) is 0 Å². The predicted molar refractivity (Wildman–Crippen MR) is 68.5 cm³/mol. The number of nitrogens with zero attached hydrogens (tertiary/aromatic N) is 3. The van der Waals surface area contributed by atoms with Gasteiger partial charge in [-0.15, -0.1) is 0 Å². The predicted octanol–water partition coefficient (Wildman–Crippen LogP) is 2.38. The maximum absolute atomic E-state index is 6.04. The van der Waals surface area contributed by atoms with Gasteiger partial charge in [0.25, 0.3) is 0 Å². The van der Waals surface area contributed by atoms with Crippen molar-refractivity contribution in [2.24, 2.45) is 5.92 Å². The Balaban J connectivity index is 1.89. The highest BCUT2D eigenvalue weighted by Gasteiger charge is 2.21. The monoisotopic (exact) mass is 255 g/mol. The second kappa shape index (κ2) is 6.17. The van der Waals surface area contributed by atoms with Gasteiger partial charge in [0.15, 0.2) is 11.0 Å². The van der Waals surface area contributed by atoms with E-state index in [2.05, 4.69) is 14.9 Å². The minimum atomic E-state index is 0.496. The van der Waals surface area contributed by atoms with Crippen LogP contribution in [0.5, 0.6) is 0 Å². The molecule has 94 valence electrons. The van der Waals surface area contributed by atoms with Gasteiger partial charge in [0.1, 0.15) is 0 Å². The summed E-state index contributed by atoms with van der Waals surface area (Å²) >= 11 is 6.04. The third-order valence-corrected chi connectivity index (χ3v) is 3.37. The minimum absolute atomic E-state index is 0.496. The number of piperidine rings is 1. The third-order valence-electron chi connectivity index (χ3n) is 3.11. The van der Waals surface area contributed by atoms with Gasteiger partial charge in [0.2, 0.25) is 0 Å². The van der Waals surface area contributed by atoms with Gasteiger partial charge in [-0.05, 0) is 25.7 Å². The lowest BCUT2D eigenvalue weighted by atomic mass is 9.98. The molecule has 5 heteroatoms. The van der Waals surface area contributed by atoms with Crippen molar-refractivity contribution in [1.82, 2.24) is 9.97 Å². The van der Waals surface area contributed by atoms with Gasteiger partial charge in [-0.2, -0.15) is 0 Å². The first-order chi connectivity index (χ1) is 8.31. The normalized spacial score (nSPS) is 17.4. The average molecular weight is 256 g/mol. The second-order valence-corrected chi connectivity index (χ2v) is 4.62. The molecule has 1 fully saturated rings. The largest absolute Gasteiger partial charge is 0.381 e. The van der Waals surface area contributed by atoms with Crippen molar-refractivity contribution in [2.75, 3.05) is 31.2 Å². The van der Waals surface area contributed by atoms with Gasteiger partial charge in [0.05, 0.1) is 0 Å². The Hall–Kier alpha value is -0.870. The first kappa shape index (κ1) is 12.6. The van der Waals surface area contributed by atoms with E-state index >= 15 is 0 Å². The molecule has 1 aromatic heterocycles. The molecule has 2 rings (SSSR count). The van der Waals surface area contributed by atoms with Crippen molar-refractivity contribution in [3.05, 3.63) is 17.5 Å². The Morgan fingerprint density at radius 3 is 2.71 bits per heavy atom. The molecule has 0 atom stereocenters. The van der Waals surface area contributed by atoms with Crippen LogP contribution < -0.4 is 4.90 Å². The number of halogens is 1. The van der Waals surface area contributed by atoms with E-state index in [0.717, 1.165) is 45.0 Å². The van der Waals surface area contributed by atoms with Crippen molar-refractivity contribution < 1.29 is 4.74 Å². The maximum atomic E-state index is 6.04. The van der Waals surface area contributed by atoms with Crippen LogP contribution in [-0.2, 0) is 4.74 Å². The molecule has 0 amide bonds. The Morgan fingerprint density at radius 1 is 1.35 bits per heavy atom. The highest BCUT2D eigenvalue weighted by Crippen LogP contribution is 2.25. The summed E-state index contributed by atoms with van der Waals surface area (Å²) in [5, 5.41) is 0.496. The molecule has 1 aliphatic heterocycles. The van der Waals surface area contributed by atoms with Crippen LogP contribution in [0, 0.1) is 5.92 Å². The molecular formula is C12H18ClN3O. The zero-order valence-corrected chi connectivity index (χ0v) is 10.9. The van der Waals surface area contributed by atoms with E-state index in [1.807, 2.05) is 6.92 Å². The minimum Gasteiger partial charge on any atom is -0.381 e. The Labute approximate surface area is 107 Å². The quantitative estimate of drug-likeness (QED) is 0.828. The lowest BCUT2D eigenvalue weighted by Crippen LogP contribution is -2.35. The molecule has 0 spiro atoms. The smallest absolute Gasteiger partial charge is 0.171 e. The van der Waals surface area contributed by atoms with Gasteiger partial charge in [-0.3, -0.25) is 0 Å². The summed E-state index contributed by atoms with van der Waals surface area (Å²) in [6.45, 7) is 5.68. The summed E-state index contributed by atoms with van der Waals surface area (Å²) in [7, 11) is 0. The van der Waals surface area contributed by atoms with Crippen molar-refractivity contribution in [3.8, 4) is 0 Å². The summed E-state index contributed by atoms with van der Waals surface area (Å²) in [5.74, 6) is 1.48. The van der Waals surface area contributed by atoms with E-state index in [0.29, 0.717) is 11.1 Å². The van der Waals surface area contributed by atoms with E-state index in [9.17, 15) is 0 Å². The van der Waals surface area contributed by atoms with Crippen molar-refractivity contribution in [3.63, 3.8) is 0 Å². The SMILES string of the molecule is CCOCC1CCN(c2nccnc2Cl)CC1. The molecular weight excluding hydrogens is 238 g/mol. The summed E-state index contributed by atoms with van der Waals surface area (Å²) in [4.78, 5) is 10.6. The molecule has 0 bridgehead atoms. The zero-order valence-electron chi connectivity index (χ0n) is 10.1. The molecule has 0 unspecified atom stereocenters. The lowest BCUT2D eigenvalue weighted by molar-refractivity contribution is 0.100. The number of rotatable bonds is 4. The fourth-order valence-electron chi connectivity index (χ4n) is 2.12. The fraction of sp³-hybridized carbons (Fsp3) is 0.667. The first-order valence-electron chi connectivity index (χ1n) is 6.10. The van der Waals surface area contributed by atoms with Gasteiger partial charge in [-0.25, -0.2) is 9.97 Å². The highest BCUT2D eigenvalue weighted by atomic mass is 35.5. The number of hydrogen-bond acceptors (Lipinski definition) is 4. The van der Waals surface area contributed by atoms with E-state index < -0.39 is 0 Å². The summed E-state index contributed by atoms with van der Waals surface area (Å²) in [5.41, 5.74) is 0. The van der Waals surface area contributed by atoms with Crippen LogP contribution >= 0.6 is 11.6 Å². The van der Waals surface area contributed by atoms with Crippen LogP contribution in [0.15, 0.2) is 12.4 Å². The summed E-state index contributed by atoms with van der Waals surface area (Å²) in [6.07, 6.45) is 5.57. The van der Waals surface area contributed by atoms with E-state index in [-0.39, 0.29) is 0 Å². The van der Waals surface area contributed by atoms with E-state index in [1.54, 1.807) is 12.4 Å². The fourth-order valence-corrected chi connectivity index (χ4v) is 2.35. The maximum Gasteiger partial charge on any atom is 0.171 e. The standard InChI is InChI=1S/C12H18ClN3O/c1-2-17-9-10-3-7-16(8-4-10)12-11(13)14-5-6-15-12/h5-6,10H,2-4,7-9H2,1H3. The lowest BCUT2D eigenvalue weighted by Gasteiger charge is -2.32. The molecule has 0 aromatic carbocycles. The van der Waals surface area contributed by atoms with Gasteiger partial charge >= 0.3 is 0 Å². The Bertz CT molecular complexity index is 353. The topological polar surface area (TPSA) is 38.2 Å². The summed E-state index contributed by atoms with van der Waals surface area (Å²) < 4.78 is 5.47. The van der Waals surface area contributed by atoms with Crippen molar-refractivity contribution in [2.45, 2.75) is 19.8 Å². The van der Waals surface area contributed by atoms with Gasteiger partial charge in [-0.1, -0.05) is 11.6 Å². The second-order valence-electron chi connectivity index (χ2n) is 4.26. The molecule has 17 heavy (non-hydrogen) atoms. The van der Waals surface area contributed by atoms with Crippen LogP contribution in [-0.4, -0.2) is 36.3 Å². The molecule has 1 aliphatic rings. The molecule has 0 aliphatic carbocycles. The van der Waals surface area contributed by atoms with Crippen LogP contribution in [0.1, 0.15) is 19.8 Å². The zero-order chi connectivity index (χ0) is 12.1. The molecule has 1 saturated heterocycles. The van der Waals surface area contributed by atoms with Crippen LogP contribution in [0.3, 0.4) is 0 Å². The molecule has 2 heterocycles. The number of anilines is 1. The van der Waals surface area contributed by atoms with E-state index in [1.165, 1.54) is 0 Å². The highest BCUT2D eigenvalue weighted by molar-refractivity contribution is 6.31. The molecule has 0 saturated carbocycles. The number of hydrogen-bond donors (Lipinski definition) is 0. The molecule has 0 radical (unpaired) electrons. The van der Waals surface area contributed by atoms with Crippen LogP contribution in [0.2, 0.25) is 5.15 Å². The number of aromatic nitrogens is 2. The molecule has 4 nitrogen and oxygen atoms in total. The Morgan fingerprint density at radius 2 is 2.06 bits per heavy atom. The van der Waals surface area contributed by atoms with E-state index in [4.69, 9.17) is 16.3 Å². The average Bonchev–Trinajstić information content (AvgIpc) is 2.38. The number of ether oxygens (including phenoxy) is 1. The first-order valence-corrected chi connectivity index (χ1v) is 6.48. The molecule has 1 aromatic rings. The Kier molecular flexibility index (Phi) is 4.57. The third kappa shape index (κ3) is 3.30.